The number of rotatable bonds is 3. The number of methoxy groups -OCH3 is 2. The normalized spacial score (nSPS) is 11.2. The zero-order chi connectivity index (χ0) is 18.4. The van der Waals surface area contributed by atoms with Gasteiger partial charge in [-0.15, -0.1) is 11.3 Å². The highest BCUT2D eigenvalue weighted by atomic mass is 35.5. The summed E-state index contributed by atoms with van der Waals surface area (Å²) in [5.41, 5.74) is 0.845. The van der Waals surface area contributed by atoms with Crippen molar-refractivity contribution in [3.8, 4) is 22.1 Å². The molecule has 0 amide bonds. The molecule has 0 aliphatic rings. The van der Waals surface area contributed by atoms with E-state index in [9.17, 15) is 9.18 Å². The molecular formula is C18H11ClFNO4S. The van der Waals surface area contributed by atoms with Crippen molar-refractivity contribution in [2.45, 2.75) is 0 Å². The average Bonchev–Trinajstić information content (AvgIpc) is 3.03. The topological polar surface area (TPSA) is 61.6 Å². The van der Waals surface area contributed by atoms with E-state index in [1.807, 2.05) is 0 Å². The molecule has 0 spiro atoms. The molecule has 0 bridgehead atoms. The molecule has 4 aromatic rings. The first-order valence-electron chi connectivity index (χ1n) is 7.46. The van der Waals surface area contributed by atoms with Crippen LogP contribution in [0.15, 0.2) is 39.5 Å². The summed E-state index contributed by atoms with van der Waals surface area (Å²) in [6.07, 6.45) is 0. The largest absolute Gasteiger partial charge is 0.497 e. The number of nitrogens with zero attached hydrogens (tertiary/aromatic N) is 1. The fraction of sp³-hybridized carbons (Fsp3) is 0.111. The van der Waals surface area contributed by atoms with Crippen molar-refractivity contribution in [3.63, 3.8) is 0 Å². The molecule has 0 aliphatic carbocycles. The Balaban J connectivity index is 2.06. The maximum Gasteiger partial charge on any atom is 0.337 e. The lowest BCUT2D eigenvalue weighted by atomic mass is 10.1. The van der Waals surface area contributed by atoms with E-state index in [1.165, 1.54) is 43.8 Å². The van der Waals surface area contributed by atoms with Crippen LogP contribution in [0.3, 0.4) is 0 Å². The van der Waals surface area contributed by atoms with E-state index in [2.05, 4.69) is 4.98 Å². The van der Waals surface area contributed by atoms with Gasteiger partial charge in [0.15, 0.2) is 11.3 Å². The molecule has 2 heterocycles. The third-order valence-corrected chi connectivity index (χ3v) is 5.24. The lowest BCUT2D eigenvalue weighted by Crippen LogP contribution is -2.00. The Labute approximate surface area is 155 Å². The minimum absolute atomic E-state index is 0.00452. The van der Waals surface area contributed by atoms with E-state index in [1.54, 1.807) is 12.1 Å². The Bertz CT molecular complexity index is 1180. The molecule has 4 rings (SSSR count). The molecule has 0 radical (unpaired) electrons. The summed E-state index contributed by atoms with van der Waals surface area (Å²) < 4.78 is 30.3. The lowest BCUT2D eigenvalue weighted by Gasteiger charge is -2.09. The van der Waals surface area contributed by atoms with E-state index in [4.69, 9.17) is 25.5 Å². The molecule has 0 aliphatic heterocycles. The van der Waals surface area contributed by atoms with Gasteiger partial charge in [-0.25, -0.2) is 14.2 Å². The second kappa shape index (κ2) is 6.26. The molecule has 0 saturated carbocycles. The highest BCUT2D eigenvalue weighted by Crippen LogP contribution is 2.39. The molecule has 2 aromatic heterocycles. The summed E-state index contributed by atoms with van der Waals surface area (Å²) in [7, 11) is 3.01. The minimum Gasteiger partial charge on any atom is -0.497 e. The van der Waals surface area contributed by atoms with E-state index >= 15 is 0 Å². The second-order valence-corrected chi connectivity index (χ2v) is 6.88. The standard InChI is InChI=1S/C18H11ClFNO4S/c1-23-8-3-9-10(5-16(22)25-17(9)14(4-8)24-2)18-21-13-6-11(19)12(20)7-15(13)26-18/h3-7H,1-2H3. The predicted octanol–water partition coefficient (Wildman–Crippen LogP) is 4.88. The number of fused-ring (bicyclic) bond motifs is 2. The summed E-state index contributed by atoms with van der Waals surface area (Å²) in [6.45, 7) is 0. The predicted molar refractivity (Wildman–Crippen MR) is 99.2 cm³/mol. The van der Waals surface area contributed by atoms with E-state index in [-0.39, 0.29) is 5.02 Å². The monoisotopic (exact) mass is 391 g/mol. The van der Waals surface area contributed by atoms with Crippen LogP contribution < -0.4 is 15.1 Å². The highest BCUT2D eigenvalue weighted by molar-refractivity contribution is 7.21. The van der Waals surface area contributed by atoms with Gasteiger partial charge in [0, 0.05) is 23.1 Å². The zero-order valence-electron chi connectivity index (χ0n) is 13.6. The van der Waals surface area contributed by atoms with Crippen LogP contribution in [0.1, 0.15) is 0 Å². The number of hydrogen-bond acceptors (Lipinski definition) is 6. The summed E-state index contributed by atoms with van der Waals surface area (Å²) in [5, 5.41) is 1.14. The van der Waals surface area contributed by atoms with Gasteiger partial charge in [0.2, 0.25) is 0 Å². The van der Waals surface area contributed by atoms with Gasteiger partial charge in [-0.05, 0) is 18.2 Å². The van der Waals surface area contributed by atoms with Crippen LogP contribution in [-0.4, -0.2) is 19.2 Å². The molecule has 0 fully saturated rings. The first kappa shape index (κ1) is 16.8. The quantitative estimate of drug-likeness (QED) is 0.466. The number of thiazole rings is 1. The Hall–Kier alpha value is -2.64. The van der Waals surface area contributed by atoms with Gasteiger partial charge in [-0.3, -0.25) is 0 Å². The number of aromatic nitrogens is 1. The number of ether oxygens (including phenoxy) is 2. The van der Waals surface area contributed by atoms with Crippen molar-refractivity contribution in [1.29, 1.82) is 0 Å². The SMILES string of the molecule is COc1cc(OC)c2oc(=O)cc(-c3nc4cc(Cl)c(F)cc4s3)c2c1. The van der Waals surface area contributed by atoms with Gasteiger partial charge in [0.05, 0.1) is 29.5 Å². The van der Waals surface area contributed by atoms with E-state index in [0.717, 1.165) is 0 Å². The molecule has 2 aromatic carbocycles. The first-order valence-corrected chi connectivity index (χ1v) is 8.65. The Morgan fingerprint density at radius 1 is 1.15 bits per heavy atom. The summed E-state index contributed by atoms with van der Waals surface area (Å²) in [6, 6.07) is 7.49. The smallest absolute Gasteiger partial charge is 0.337 e. The van der Waals surface area contributed by atoms with Crippen molar-refractivity contribution in [2.24, 2.45) is 0 Å². The maximum atomic E-state index is 13.7. The van der Waals surface area contributed by atoms with Gasteiger partial charge in [-0.1, -0.05) is 11.6 Å². The van der Waals surface area contributed by atoms with Crippen LogP contribution in [0.4, 0.5) is 4.39 Å². The second-order valence-electron chi connectivity index (χ2n) is 5.44. The van der Waals surface area contributed by atoms with Crippen molar-refractivity contribution in [3.05, 3.63) is 51.6 Å². The minimum atomic E-state index is -0.542. The Morgan fingerprint density at radius 3 is 2.69 bits per heavy atom. The van der Waals surface area contributed by atoms with Crippen molar-refractivity contribution in [2.75, 3.05) is 14.2 Å². The maximum absolute atomic E-state index is 13.7. The lowest BCUT2D eigenvalue weighted by molar-refractivity contribution is 0.390. The number of hydrogen-bond donors (Lipinski definition) is 0. The van der Waals surface area contributed by atoms with Crippen molar-refractivity contribution in [1.82, 2.24) is 4.98 Å². The van der Waals surface area contributed by atoms with Crippen molar-refractivity contribution < 1.29 is 18.3 Å². The molecule has 0 unspecified atom stereocenters. The summed E-state index contributed by atoms with van der Waals surface area (Å²) in [5.74, 6) is 0.392. The molecule has 5 nitrogen and oxygen atoms in total. The third-order valence-electron chi connectivity index (χ3n) is 3.90. The van der Waals surface area contributed by atoms with Gasteiger partial charge in [0.25, 0.3) is 0 Å². The van der Waals surface area contributed by atoms with E-state index < -0.39 is 11.4 Å². The van der Waals surface area contributed by atoms with Crippen LogP contribution in [0, 0.1) is 5.82 Å². The van der Waals surface area contributed by atoms with Crippen LogP contribution in [0.2, 0.25) is 5.02 Å². The number of halogens is 2. The molecule has 132 valence electrons. The van der Waals surface area contributed by atoms with Crippen LogP contribution in [-0.2, 0) is 0 Å². The summed E-state index contributed by atoms with van der Waals surface area (Å²) in [4.78, 5) is 16.6. The highest BCUT2D eigenvalue weighted by Gasteiger charge is 2.17. The molecule has 0 saturated heterocycles. The van der Waals surface area contributed by atoms with Crippen molar-refractivity contribution >= 4 is 44.1 Å². The average molecular weight is 392 g/mol. The third kappa shape index (κ3) is 2.69. The molecular weight excluding hydrogens is 381 g/mol. The molecule has 0 N–H and O–H groups in total. The fourth-order valence-electron chi connectivity index (χ4n) is 2.69. The first-order chi connectivity index (χ1) is 12.5. The Kier molecular flexibility index (Phi) is 4.05. The zero-order valence-corrected chi connectivity index (χ0v) is 15.2. The van der Waals surface area contributed by atoms with Gasteiger partial charge < -0.3 is 13.9 Å². The molecule has 0 atom stereocenters. The molecule has 26 heavy (non-hydrogen) atoms. The summed E-state index contributed by atoms with van der Waals surface area (Å²) >= 11 is 7.09. The van der Waals surface area contributed by atoms with Crippen LogP contribution >= 0.6 is 22.9 Å². The fourth-order valence-corrected chi connectivity index (χ4v) is 3.85. The van der Waals surface area contributed by atoms with Gasteiger partial charge in [0.1, 0.15) is 16.6 Å². The number of benzene rings is 2. The van der Waals surface area contributed by atoms with Crippen LogP contribution in [0.5, 0.6) is 11.5 Å². The van der Waals surface area contributed by atoms with Crippen LogP contribution in [0.25, 0.3) is 31.8 Å². The molecule has 8 heteroatoms. The van der Waals surface area contributed by atoms with Gasteiger partial charge >= 0.3 is 5.63 Å². The van der Waals surface area contributed by atoms with Gasteiger partial charge in [-0.2, -0.15) is 0 Å². The van der Waals surface area contributed by atoms with E-state index in [0.29, 0.717) is 43.3 Å². The Morgan fingerprint density at radius 2 is 1.96 bits per heavy atom.